The Kier molecular flexibility index (Phi) is 10.4. The van der Waals surface area contributed by atoms with E-state index in [0.29, 0.717) is 6.42 Å². The number of carbonyl (C=O) groups is 1. The molecule has 0 amide bonds. The van der Waals surface area contributed by atoms with Crippen LogP contribution in [0.25, 0.3) is 0 Å². The summed E-state index contributed by atoms with van der Waals surface area (Å²) < 4.78 is 0. The number of rotatable bonds is 8. The number of allylic oxidation sites excluding steroid dienone is 4. The molecule has 13 heavy (non-hydrogen) atoms. The minimum Gasteiger partial charge on any atom is -0.303 e. The van der Waals surface area contributed by atoms with Crippen LogP contribution in [0.5, 0.6) is 0 Å². The zero-order valence-corrected chi connectivity index (χ0v) is 8.54. The van der Waals surface area contributed by atoms with Gasteiger partial charge in [0.25, 0.3) is 0 Å². The molecular formula is C12H20O. The molecule has 0 aromatic carbocycles. The van der Waals surface area contributed by atoms with Crippen molar-refractivity contribution < 1.29 is 4.79 Å². The molecular weight excluding hydrogens is 160 g/mol. The normalized spacial score (nSPS) is 11.5. The van der Waals surface area contributed by atoms with Crippen LogP contribution in [0, 0.1) is 0 Å². The van der Waals surface area contributed by atoms with Gasteiger partial charge in [-0.25, -0.2) is 0 Å². The molecule has 0 N–H and O–H groups in total. The lowest BCUT2D eigenvalue weighted by Gasteiger charge is -1.89. The van der Waals surface area contributed by atoms with Gasteiger partial charge in [0.05, 0.1) is 0 Å². The van der Waals surface area contributed by atoms with Crippen molar-refractivity contribution in [2.75, 3.05) is 0 Å². The van der Waals surface area contributed by atoms with E-state index in [9.17, 15) is 4.79 Å². The summed E-state index contributed by atoms with van der Waals surface area (Å²) in [5.74, 6) is 0. The molecule has 74 valence electrons. The molecule has 0 radical (unpaired) electrons. The van der Waals surface area contributed by atoms with Crippen molar-refractivity contribution in [2.24, 2.45) is 0 Å². The summed E-state index contributed by atoms with van der Waals surface area (Å²) in [7, 11) is 0. The monoisotopic (exact) mass is 180 g/mol. The standard InChI is InChI=1S/C12H20O/c1-2-3-4-5-6-7-8-9-10-11-12-13/h3-4,8-9,12H,2,5-7,10-11H2,1H3/b4-3-,9-8+. The highest BCUT2D eigenvalue weighted by Gasteiger charge is 1.81. The SMILES string of the molecule is CC/C=C\CCC/C=C/CCC=O. The smallest absolute Gasteiger partial charge is 0.120 e. The summed E-state index contributed by atoms with van der Waals surface area (Å²) in [5, 5.41) is 0. The van der Waals surface area contributed by atoms with E-state index in [1.807, 2.05) is 0 Å². The van der Waals surface area contributed by atoms with Gasteiger partial charge < -0.3 is 4.79 Å². The van der Waals surface area contributed by atoms with Crippen LogP contribution in [-0.2, 0) is 4.79 Å². The highest BCUT2D eigenvalue weighted by atomic mass is 16.1. The van der Waals surface area contributed by atoms with Crippen molar-refractivity contribution in [3.63, 3.8) is 0 Å². The Bertz CT molecular complexity index is 157. The van der Waals surface area contributed by atoms with Gasteiger partial charge in [-0.2, -0.15) is 0 Å². The summed E-state index contributed by atoms with van der Waals surface area (Å²) in [6.07, 6.45) is 15.9. The largest absolute Gasteiger partial charge is 0.303 e. The molecule has 0 aliphatic heterocycles. The molecule has 0 heterocycles. The fourth-order valence-corrected chi connectivity index (χ4v) is 1.04. The predicted molar refractivity (Wildman–Crippen MR) is 57.7 cm³/mol. The first-order valence-corrected chi connectivity index (χ1v) is 5.15. The molecule has 0 saturated carbocycles. The second-order valence-electron chi connectivity index (χ2n) is 3.03. The second kappa shape index (κ2) is 11.2. The number of hydrogen-bond donors (Lipinski definition) is 0. The molecule has 0 rings (SSSR count). The molecule has 0 unspecified atom stereocenters. The highest BCUT2D eigenvalue weighted by molar-refractivity contribution is 5.49. The molecule has 0 aliphatic rings. The van der Waals surface area contributed by atoms with E-state index >= 15 is 0 Å². The van der Waals surface area contributed by atoms with Crippen molar-refractivity contribution in [3.05, 3.63) is 24.3 Å². The van der Waals surface area contributed by atoms with Crippen molar-refractivity contribution in [2.45, 2.75) is 45.4 Å². The van der Waals surface area contributed by atoms with E-state index in [0.717, 1.165) is 25.5 Å². The molecule has 0 bridgehead atoms. The molecule has 0 atom stereocenters. The zero-order valence-electron chi connectivity index (χ0n) is 8.54. The maximum atomic E-state index is 9.97. The minimum atomic E-state index is 0.659. The van der Waals surface area contributed by atoms with E-state index in [-0.39, 0.29) is 0 Å². The first kappa shape index (κ1) is 12.2. The van der Waals surface area contributed by atoms with Gasteiger partial charge in [-0.05, 0) is 32.1 Å². The van der Waals surface area contributed by atoms with Crippen LogP contribution in [0.2, 0.25) is 0 Å². The van der Waals surface area contributed by atoms with Gasteiger partial charge in [-0.3, -0.25) is 0 Å². The number of unbranched alkanes of at least 4 members (excludes halogenated alkanes) is 3. The van der Waals surface area contributed by atoms with E-state index in [1.165, 1.54) is 12.8 Å². The summed E-state index contributed by atoms with van der Waals surface area (Å²) in [6.45, 7) is 2.15. The lowest BCUT2D eigenvalue weighted by Crippen LogP contribution is -1.72. The average Bonchev–Trinajstić information content (AvgIpc) is 2.16. The van der Waals surface area contributed by atoms with E-state index in [4.69, 9.17) is 0 Å². The average molecular weight is 180 g/mol. The second-order valence-corrected chi connectivity index (χ2v) is 3.03. The summed E-state index contributed by atoms with van der Waals surface area (Å²) in [5.41, 5.74) is 0. The van der Waals surface area contributed by atoms with Crippen molar-refractivity contribution in [1.82, 2.24) is 0 Å². The Morgan fingerprint density at radius 1 is 0.846 bits per heavy atom. The first-order valence-electron chi connectivity index (χ1n) is 5.15. The lowest BCUT2D eigenvalue weighted by atomic mass is 10.2. The summed E-state index contributed by atoms with van der Waals surface area (Å²) in [4.78, 5) is 9.97. The Balaban J connectivity index is 3.10. The Morgan fingerprint density at radius 2 is 1.46 bits per heavy atom. The van der Waals surface area contributed by atoms with Crippen LogP contribution in [-0.4, -0.2) is 6.29 Å². The van der Waals surface area contributed by atoms with Gasteiger partial charge in [0.15, 0.2) is 0 Å². The van der Waals surface area contributed by atoms with Gasteiger partial charge in [0, 0.05) is 6.42 Å². The van der Waals surface area contributed by atoms with Gasteiger partial charge in [-0.1, -0.05) is 31.2 Å². The summed E-state index contributed by atoms with van der Waals surface area (Å²) in [6, 6.07) is 0. The lowest BCUT2D eigenvalue weighted by molar-refractivity contribution is -0.107. The third-order valence-electron chi connectivity index (χ3n) is 1.76. The van der Waals surface area contributed by atoms with Crippen LogP contribution in [0.1, 0.15) is 45.4 Å². The van der Waals surface area contributed by atoms with Gasteiger partial charge in [-0.15, -0.1) is 0 Å². The molecule has 0 aromatic rings. The van der Waals surface area contributed by atoms with Crippen LogP contribution < -0.4 is 0 Å². The molecule has 0 aliphatic carbocycles. The van der Waals surface area contributed by atoms with Gasteiger partial charge >= 0.3 is 0 Å². The van der Waals surface area contributed by atoms with Gasteiger partial charge in [0.1, 0.15) is 6.29 Å². The van der Waals surface area contributed by atoms with Crippen LogP contribution in [0.15, 0.2) is 24.3 Å². The molecule has 0 spiro atoms. The fourth-order valence-electron chi connectivity index (χ4n) is 1.04. The van der Waals surface area contributed by atoms with Gasteiger partial charge in [0.2, 0.25) is 0 Å². The zero-order chi connectivity index (χ0) is 9.78. The van der Waals surface area contributed by atoms with Crippen molar-refractivity contribution in [3.8, 4) is 0 Å². The van der Waals surface area contributed by atoms with Crippen LogP contribution >= 0.6 is 0 Å². The van der Waals surface area contributed by atoms with Crippen LogP contribution in [0.4, 0.5) is 0 Å². The van der Waals surface area contributed by atoms with Crippen LogP contribution in [0.3, 0.4) is 0 Å². The Morgan fingerprint density at radius 3 is 2.08 bits per heavy atom. The molecule has 1 heteroatoms. The van der Waals surface area contributed by atoms with Crippen molar-refractivity contribution in [1.29, 1.82) is 0 Å². The first-order chi connectivity index (χ1) is 6.41. The maximum Gasteiger partial charge on any atom is 0.120 e. The Labute approximate surface area is 81.5 Å². The predicted octanol–water partition coefficient (Wildman–Crippen LogP) is 3.66. The van der Waals surface area contributed by atoms with E-state index < -0.39 is 0 Å². The molecule has 1 nitrogen and oxygen atoms in total. The molecule has 0 aromatic heterocycles. The number of hydrogen-bond acceptors (Lipinski definition) is 1. The maximum absolute atomic E-state index is 9.97. The highest BCUT2D eigenvalue weighted by Crippen LogP contribution is 1.99. The molecule has 0 saturated heterocycles. The topological polar surface area (TPSA) is 17.1 Å². The quantitative estimate of drug-likeness (QED) is 0.316. The van der Waals surface area contributed by atoms with Crippen molar-refractivity contribution >= 4 is 6.29 Å². The third kappa shape index (κ3) is 11.1. The Hall–Kier alpha value is -0.850. The fraction of sp³-hybridized carbons (Fsp3) is 0.583. The molecule has 0 fully saturated rings. The van der Waals surface area contributed by atoms with E-state index in [2.05, 4.69) is 31.2 Å². The van der Waals surface area contributed by atoms with E-state index in [1.54, 1.807) is 0 Å². The number of carbonyl (C=O) groups excluding carboxylic acids is 1. The third-order valence-corrected chi connectivity index (χ3v) is 1.76. The minimum absolute atomic E-state index is 0.659. The number of aldehydes is 1. The summed E-state index contributed by atoms with van der Waals surface area (Å²) >= 11 is 0.